The molecule has 0 heterocycles. The van der Waals surface area contributed by atoms with Gasteiger partial charge in [0.1, 0.15) is 17.3 Å². The molecule has 0 aliphatic rings. The summed E-state index contributed by atoms with van der Waals surface area (Å²) in [6.45, 7) is 0. The Morgan fingerprint density at radius 1 is 0.889 bits per heavy atom. The zero-order valence-electron chi connectivity index (χ0n) is 10.3. The lowest BCUT2D eigenvalue weighted by molar-refractivity contribution is 0.480. The van der Waals surface area contributed by atoms with Gasteiger partial charge in [0.25, 0.3) is 0 Å². The van der Waals surface area contributed by atoms with Crippen LogP contribution in [-0.2, 0) is 0 Å². The van der Waals surface area contributed by atoms with E-state index in [2.05, 4.69) is 5.32 Å². The van der Waals surface area contributed by atoms with Crippen LogP contribution in [0.5, 0.6) is 11.5 Å². The monoisotopic (exact) mass is 267 g/mol. The van der Waals surface area contributed by atoms with Gasteiger partial charge in [-0.15, -0.1) is 0 Å². The van der Waals surface area contributed by atoms with E-state index < -0.39 is 0 Å². The molecule has 0 saturated heterocycles. The van der Waals surface area contributed by atoms with E-state index >= 15 is 0 Å². The first-order valence-corrected chi connectivity index (χ1v) is 5.81. The maximum Gasteiger partial charge on any atom is 0.127 e. The fourth-order valence-corrected chi connectivity index (χ4v) is 1.27. The Bertz CT molecular complexity index is 413. The molecule has 0 unspecified atom stereocenters. The number of rotatable bonds is 2. The van der Waals surface area contributed by atoms with Crippen LogP contribution in [-0.4, -0.2) is 14.1 Å². The molecule has 0 amide bonds. The van der Waals surface area contributed by atoms with Gasteiger partial charge in [0, 0.05) is 5.02 Å². The summed E-state index contributed by atoms with van der Waals surface area (Å²) in [7, 11) is 3.75. The van der Waals surface area contributed by atoms with E-state index in [1.165, 1.54) is 12.1 Å². The van der Waals surface area contributed by atoms with Crippen molar-refractivity contribution in [3.63, 3.8) is 0 Å². The Morgan fingerprint density at radius 2 is 1.28 bits per heavy atom. The molecule has 1 N–H and O–H groups in total. The van der Waals surface area contributed by atoms with Crippen molar-refractivity contribution < 1.29 is 9.13 Å². The van der Waals surface area contributed by atoms with Crippen molar-refractivity contribution in [2.75, 3.05) is 14.1 Å². The van der Waals surface area contributed by atoms with Gasteiger partial charge in [-0.3, -0.25) is 0 Å². The molecule has 0 radical (unpaired) electrons. The van der Waals surface area contributed by atoms with E-state index in [9.17, 15) is 4.39 Å². The lowest BCUT2D eigenvalue weighted by atomic mass is 10.3. The molecule has 0 bridgehead atoms. The number of hydrogen-bond acceptors (Lipinski definition) is 2. The number of nitrogens with one attached hydrogen (secondary N) is 1. The summed E-state index contributed by atoms with van der Waals surface area (Å²) in [5.41, 5.74) is 0. The first-order chi connectivity index (χ1) is 8.65. The molecule has 0 fully saturated rings. The minimum Gasteiger partial charge on any atom is -0.457 e. The van der Waals surface area contributed by atoms with Gasteiger partial charge >= 0.3 is 0 Å². The summed E-state index contributed by atoms with van der Waals surface area (Å²) in [5, 5.41) is 3.40. The smallest absolute Gasteiger partial charge is 0.127 e. The fraction of sp³-hybridized carbons (Fsp3) is 0.143. The molecular weight excluding hydrogens is 253 g/mol. The highest BCUT2D eigenvalue weighted by molar-refractivity contribution is 6.30. The molecule has 96 valence electrons. The average molecular weight is 268 g/mol. The van der Waals surface area contributed by atoms with Crippen molar-refractivity contribution in [2.24, 2.45) is 0 Å². The van der Waals surface area contributed by atoms with E-state index in [1.54, 1.807) is 36.4 Å². The molecule has 18 heavy (non-hydrogen) atoms. The van der Waals surface area contributed by atoms with Gasteiger partial charge < -0.3 is 10.1 Å². The molecule has 4 heteroatoms. The Hall–Kier alpha value is -1.58. The minimum absolute atomic E-state index is 0.279. The summed E-state index contributed by atoms with van der Waals surface area (Å²) in [5.74, 6) is 0.989. The van der Waals surface area contributed by atoms with Crippen LogP contribution in [0.2, 0.25) is 5.02 Å². The summed E-state index contributed by atoms with van der Waals surface area (Å²) in [6, 6.07) is 12.8. The molecule has 2 nitrogen and oxygen atoms in total. The summed E-state index contributed by atoms with van der Waals surface area (Å²) < 4.78 is 18.1. The van der Waals surface area contributed by atoms with Gasteiger partial charge in [-0.05, 0) is 62.6 Å². The van der Waals surface area contributed by atoms with Crippen LogP contribution >= 0.6 is 11.6 Å². The highest BCUT2D eigenvalue weighted by Crippen LogP contribution is 2.22. The van der Waals surface area contributed by atoms with Gasteiger partial charge in [-0.1, -0.05) is 11.6 Å². The summed E-state index contributed by atoms with van der Waals surface area (Å²) >= 11 is 5.73. The molecule has 0 aromatic heterocycles. The Balaban J connectivity index is 0.000000492. The summed E-state index contributed by atoms with van der Waals surface area (Å²) in [4.78, 5) is 0. The van der Waals surface area contributed by atoms with Crippen molar-refractivity contribution in [2.45, 2.75) is 0 Å². The lowest BCUT2D eigenvalue weighted by Crippen LogP contribution is -1.89. The van der Waals surface area contributed by atoms with E-state index in [1.807, 2.05) is 14.1 Å². The van der Waals surface area contributed by atoms with Crippen molar-refractivity contribution in [1.82, 2.24) is 5.32 Å². The second-order valence-corrected chi connectivity index (χ2v) is 3.95. The first kappa shape index (κ1) is 14.5. The maximum absolute atomic E-state index is 12.6. The van der Waals surface area contributed by atoms with E-state index in [0.717, 1.165) is 0 Å². The van der Waals surface area contributed by atoms with Crippen LogP contribution in [0.3, 0.4) is 0 Å². The second kappa shape index (κ2) is 7.69. The van der Waals surface area contributed by atoms with Gasteiger partial charge in [0.15, 0.2) is 0 Å². The highest BCUT2D eigenvalue weighted by atomic mass is 35.5. The lowest BCUT2D eigenvalue weighted by Gasteiger charge is -2.04. The number of benzene rings is 2. The van der Waals surface area contributed by atoms with Crippen molar-refractivity contribution >= 4 is 11.6 Å². The minimum atomic E-state index is -0.279. The van der Waals surface area contributed by atoms with Gasteiger partial charge in [-0.2, -0.15) is 0 Å². The highest BCUT2D eigenvalue weighted by Gasteiger charge is 1.97. The number of hydrogen-bond donors (Lipinski definition) is 1. The predicted octanol–water partition coefficient (Wildman–Crippen LogP) is 4.11. The normalized spacial score (nSPS) is 9.33. The molecule has 2 rings (SSSR count). The van der Waals surface area contributed by atoms with Crippen LogP contribution in [0.1, 0.15) is 0 Å². The van der Waals surface area contributed by atoms with Crippen molar-refractivity contribution in [3.05, 3.63) is 59.4 Å². The van der Waals surface area contributed by atoms with Crippen LogP contribution in [0, 0.1) is 5.82 Å². The van der Waals surface area contributed by atoms with Gasteiger partial charge in [-0.25, -0.2) is 4.39 Å². The molecular formula is C14H15ClFNO. The molecule has 0 spiro atoms. The molecule has 0 aliphatic heterocycles. The van der Waals surface area contributed by atoms with E-state index in [0.29, 0.717) is 16.5 Å². The molecule has 2 aromatic carbocycles. The Labute approximate surface area is 111 Å². The average Bonchev–Trinajstić information content (AvgIpc) is 2.36. The third-order valence-corrected chi connectivity index (χ3v) is 2.11. The predicted molar refractivity (Wildman–Crippen MR) is 72.9 cm³/mol. The van der Waals surface area contributed by atoms with Crippen LogP contribution in [0.15, 0.2) is 48.5 Å². The van der Waals surface area contributed by atoms with Crippen molar-refractivity contribution in [1.29, 1.82) is 0 Å². The molecule has 0 saturated carbocycles. The van der Waals surface area contributed by atoms with E-state index in [-0.39, 0.29) is 5.82 Å². The van der Waals surface area contributed by atoms with Crippen molar-refractivity contribution in [3.8, 4) is 11.5 Å². The second-order valence-electron chi connectivity index (χ2n) is 3.51. The standard InChI is InChI=1S/C12H8ClFO.C2H7N/c13-9-1-5-11(6-2-9)15-12-7-3-10(14)4-8-12;1-3-2/h1-8H;3H,1-2H3. The van der Waals surface area contributed by atoms with Gasteiger partial charge in [0.05, 0.1) is 0 Å². The largest absolute Gasteiger partial charge is 0.457 e. The zero-order valence-corrected chi connectivity index (χ0v) is 11.0. The topological polar surface area (TPSA) is 21.3 Å². The van der Waals surface area contributed by atoms with Crippen LogP contribution < -0.4 is 10.1 Å². The summed E-state index contributed by atoms with van der Waals surface area (Å²) in [6.07, 6.45) is 0. The maximum atomic E-state index is 12.6. The van der Waals surface area contributed by atoms with E-state index in [4.69, 9.17) is 16.3 Å². The molecule has 0 aliphatic carbocycles. The first-order valence-electron chi connectivity index (χ1n) is 5.43. The number of halogens is 2. The third kappa shape index (κ3) is 5.17. The SMILES string of the molecule is CNC.Fc1ccc(Oc2ccc(Cl)cc2)cc1. The van der Waals surface area contributed by atoms with Crippen LogP contribution in [0.4, 0.5) is 4.39 Å². The third-order valence-electron chi connectivity index (χ3n) is 1.86. The molecule has 0 atom stereocenters. The van der Waals surface area contributed by atoms with Crippen LogP contribution in [0.25, 0.3) is 0 Å². The Morgan fingerprint density at radius 3 is 1.72 bits per heavy atom. The molecule has 2 aromatic rings. The quantitative estimate of drug-likeness (QED) is 0.884. The Kier molecular flexibility index (Phi) is 6.19. The zero-order chi connectivity index (χ0) is 13.4. The fourth-order valence-electron chi connectivity index (χ4n) is 1.14. The van der Waals surface area contributed by atoms with Gasteiger partial charge in [0.2, 0.25) is 0 Å². The number of ether oxygens (including phenoxy) is 1.